The highest BCUT2D eigenvalue weighted by Gasteiger charge is 2.46. The lowest BCUT2D eigenvalue weighted by Gasteiger charge is -2.15. The lowest BCUT2D eigenvalue weighted by molar-refractivity contribution is 0.569. The fourth-order valence-corrected chi connectivity index (χ4v) is 3.25. The first kappa shape index (κ1) is 12.7. The van der Waals surface area contributed by atoms with Crippen molar-refractivity contribution in [3.8, 4) is 0 Å². The zero-order valence-electron chi connectivity index (χ0n) is 10.9. The third-order valence-corrected chi connectivity index (χ3v) is 5.37. The Morgan fingerprint density at radius 1 is 1.32 bits per heavy atom. The van der Waals surface area contributed by atoms with Crippen LogP contribution in [0.15, 0.2) is 30.5 Å². The third kappa shape index (κ3) is 2.28. The SMILES string of the molecule is CCS(=O)(=O)NCC1(c2c[nH]c3ccccc23)CC1. The van der Waals surface area contributed by atoms with Crippen molar-refractivity contribution in [3.63, 3.8) is 0 Å². The van der Waals surface area contributed by atoms with Gasteiger partial charge in [-0.15, -0.1) is 0 Å². The molecule has 1 fully saturated rings. The molecule has 0 atom stereocenters. The van der Waals surface area contributed by atoms with Crippen LogP contribution in [0.5, 0.6) is 0 Å². The monoisotopic (exact) mass is 278 g/mol. The summed E-state index contributed by atoms with van der Waals surface area (Å²) in [5.41, 5.74) is 2.34. The van der Waals surface area contributed by atoms with Crippen LogP contribution in [0.2, 0.25) is 0 Å². The van der Waals surface area contributed by atoms with E-state index >= 15 is 0 Å². The van der Waals surface area contributed by atoms with Crippen molar-refractivity contribution in [1.29, 1.82) is 0 Å². The maximum atomic E-state index is 11.6. The molecule has 1 aromatic heterocycles. The second-order valence-corrected chi connectivity index (χ2v) is 7.35. The number of hydrogen-bond donors (Lipinski definition) is 2. The number of hydrogen-bond acceptors (Lipinski definition) is 2. The molecule has 0 bridgehead atoms. The lowest BCUT2D eigenvalue weighted by Crippen LogP contribution is -2.33. The van der Waals surface area contributed by atoms with Crippen molar-refractivity contribution in [1.82, 2.24) is 9.71 Å². The van der Waals surface area contributed by atoms with Crippen LogP contribution in [0.25, 0.3) is 10.9 Å². The Morgan fingerprint density at radius 2 is 2.05 bits per heavy atom. The molecule has 0 aliphatic heterocycles. The second kappa shape index (κ2) is 4.35. The number of aromatic nitrogens is 1. The molecule has 1 aromatic carbocycles. The zero-order chi connectivity index (χ0) is 13.5. The second-order valence-electron chi connectivity index (χ2n) is 5.25. The van der Waals surface area contributed by atoms with Gasteiger partial charge in [0.25, 0.3) is 0 Å². The number of para-hydroxylation sites is 1. The van der Waals surface area contributed by atoms with Gasteiger partial charge in [-0.05, 0) is 31.4 Å². The zero-order valence-corrected chi connectivity index (χ0v) is 11.8. The van der Waals surface area contributed by atoms with E-state index in [-0.39, 0.29) is 11.2 Å². The smallest absolute Gasteiger partial charge is 0.211 e. The average molecular weight is 278 g/mol. The van der Waals surface area contributed by atoms with Gasteiger partial charge in [-0.1, -0.05) is 18.2 Å². The number of benzene rings is 1. The van der Waals surface area contributed by atoms with Crippen LogP contribution < -0.4 is 4.72 Å². The van der Waals surface area contributed by atoms with Gasteiger partial charge in [-0.2, -0.15) is 0 Å². The first-order chi connectivity index (χ1) is 9.06. The van der Waals surface area contributed by atoms with E-state index in [1.807, 2.05) is 24.4 Å². The molecule has 0 saturated heterocycles. The molecule has 1 aliphatic rings. The maximum absolute atomic E-state index is 11.6. The van der Waals surface area contributed by atoms with Crippen molar-refractivity contribution in [2.45, 2.75) is 25.2 Å². The normalized spacial score (nSPS) is 17.7. The molecule has 1 heterocycles. The summed E-state index contributed by atoms with van der Waals surface area (Å²) in [6, 6.07) is 8.16. The van der Waals surface area contributed by atoms with E-state index in [0.29, 0.717) is 6.54 Å². The molecule has 102 valence electrons. The van der Waals surface area contributed by atoms with E-state index in [9.17, 15) is 8.42 Å². The minimum Gasteiger partial charge on any atom is -0.361 e. The number of rotatable bonds is 5. The molecule has 4 nitrogen and oxygen atoms in total. The van der Waals surface area contributed by atoms with Crippen LogP contribution in [0, 0.1) is 0 Å². The van der Waals surface area contributed by atoms with Crippen molar-refractivity contribution in [3.05, 3.63) is 36.0 Å². The summed E-state index contributed by atoms with van der Waals surface area (Å²) in [7, 11) is -3.12. The van der Waals surface area contributed by atoms with Gasteiger partial charge < -0.3 is 4.98 Å². The molecule has 1 aliphatic carbocycles. The van der Waals surface area contributed by atoms with E-state index in [2.05, 4.69) is 15.8 Å². The molecule has 1 saturated carbocycles. The Kier molecular flexibility index (Phi) is 2.91. The van der Waals surface area contributed by atoms with Crippen LogP contribution in [-0.4, -0.2) is 25.7 Å². The number of H-pyrrole nitrogens is 1. The first-order valence-corrected chi connectivity index (χ1v) is 8.25. The van der Waals surface area contributed by atoms with E-state index in [4.69, 9.17) is 0 Å². The minimum atomic E-state index is -3.12. The average Bonchev–Trinajstić information content (AvgIpc) is 3.08. The van der Waals surface area contributed by atoms with Crippen LogP contribution >= 0.6 is 0 Å². The molecule has 19 heavy (non-hydrogen) atoms. The summed E-state index contributed by atoms with van der Waals surface area (Å²) >= 11 is 0. The summed E-state index contributed by atoms with van der Waals surface area (Å²) in [5.74, 6) is 0.136. The molecule has 5 heteroatoms. The highest BCUT2D eigenvalue weighted by Crippen LogP contribution is 2.49. The number of sulfonamides is 1. The van der Waals surface area contributed by atoms with Crippen LogP contribution in [0.1, 0.15) is 25.3 Å². The van der Waals surface area contributed by atoms with Crippen molar-refractivity contribution < 1.29 is 8.42 Å². The number of fused-ring (bicyclic) bond motifs is 1. The van der Waals surface area contributed by atoms with E-state index < -0.39 is 10.0 Å². The van der Waals surface area contributed by atoms with E-state index in [0.717, 1.165) is 18.4 Å². The van der Waals surface area contributed by atoms with Gasteiger partial charge >= 0.3 is 0 Å². The van der Waals surface area contributed by atoms with Gasteiger partial charge in [-0.3, -0.25) is 0 Å². The number of nitrogens with one attached hydrogen (secondary N) is 2. The summed E-state index contributed by atoms with van der Waals surface area (Å²) in [6.45, 7) is 2.17. The fourth-order valence-electron chi connectivity index (χ4n) is 2.55. The molecule has 0 unspecified atom stereocenters. The molecule has 2 aromatic rings. The molecule has 3 rings (SSSR count). The minimum absolute atomic E-state index is 0.0121. The van der Waals surface area contributed by atoms with Gasteiger partial charge in [0.2, 0.25) is 10.0 Å². The van der Waals surface area contributed by atoms with Crippen molar-refractivity contribution in [2.24, 2.45) is 0 Å². The van der Waals surface area contributed by atoms with E-state index in [1.165, 1.54) is 10.9 Å². The van der Waals surface area contributed by atoms with Crippen LogP contribution in [-0.2, 0) is 15.4 Å². The third-order valence-electron chi connectivity index (χ3n) is 4.02. The predicted molar refractivity (Wildman–Crippen MR) is 76.7 cm³/mol. The largest absolute Gasteiger partial charge is 0.361 e. The van der Waals surface area contributed by atoms with Gasteiger partial charge in [0.15, 0.2) is 0 Å². The summed E-state index contributed by atoms with van der Waals surface area (Å²) < 4.78 is 25.9. The van der Waals surface area contributed by atoms with Crippen LogP contribution in [0.4, 0.5) is 0 Å². The first-order valence-electron chi connectivity index (χ1n) is 6.60. The van der Waals surface area contributed by atoms with Gasteiger partial charge in [0.05, 0.1) is 5.75 Å². The van der Waals surface area contributed by atoms with Crippen molar-refractivity contribution >= 4 is 20.9 Å². The molecular weight excluding hydrogens is 260 g/mol. The standard InChI is InChI=1S/C14H18N2O2S/c1-2-19(17,18)16-10-14(7-8-14)12-9-15-13-6-4-3-5-11(12)13/h3-6,9,15-16H,2,7-8,10H2,1H3. The van der Waals surface area contributed by atoms with Gasteiger partial charge in [0, 0.05) is 29.1 Å². The fraction of sp³-hybridized carbons (Fsp3) is 0.429. The molecule has 2 N–H and O–H groups in total. The lowest BCUT2D eigenvalue weighted by atomic mass is 9.96. The number of aromatic amines is 1. The summed E-state index contributed by atoms with van der Waals surface area (Å²) in [6.07, 6.45) is 4.11. The Labute approximate surface area is 113 Å². The topological polar surface area (TPSA) is 62.0 Å². The predicted octanol–water partition coefficient (Wildman–Crippen LogP) is 2.14. The molecule has 0 spiro atoms. The Bertz CT molecular complexity index is 699. The molecular formula is C14H18N2O2S. The maximum Gasteiger partial charge on any atom is 0.211 e. The van der Waals surface area contributed by atoms with Crippen LogP contribution in [0.3, 0.4) is 0 Å². The van der Waals surface area contributed by atoms with Crippen molar-refractivity contribution in [2.75, 3.05) is 12.3 Å². The quantitative estimate of drug-likeness (QED) is 0.880. The summed E-state index contributed by atoms with van der Waals surface area (Å²) in [5, 5.41) is 1.20. The highest BCUT2D eigenvalue weighted by atomic mass is 32.2. The molecule has 0 amide bonds. The molecule has 0 radical (unpaired) electrons. The highest BCUT2D eigenvalue weighted by molar-refractivity contribution is 7.89. The van der Waals surface area contributed by atoms with Gasteiger partial charge in [0.1, 0.15) is 0 Å². The Balaban J connectivity index is 1.89. The Morgan fingerprint density at radius 3 is 2.74 bits per heavy atom. The Hall–Kier alpha value is -1.33. The van der Waals surface area contributed by atoms with Gasteiger partial charge in [-0.25, -0.2) is 13.1 Å². The summed E-state index contributed by atoms with van der Waals surface area (Å²) in [4.78, 5) is 3.27. The van der Waals surface area contributed by atoms with E-state index in [1.54, 1.807) is 6.92 Å².